The molecule has 0 saturated heterocycles. The number of nitrogens with zero attached hydrogens (tertiary/aromatic N) is 1. The van der Waals surface area contributed by atoms with Gasteiger partial charge in [0.2, 0.25) is 5.91 Å². The lowest BCUT2D eigenvalue weighted by molar-refractivity contribution is -0.134. The van der Waals surface area contributed by atoms with Crippen LogP contribution in [0.3, 0.4) is 0 Å². The summed E-state index contributed by atoms with van der Waals surface area (Å²) in [6.07, 6.45) is 0.955. The quantitative estimate of drug-likeness (QED) is 0.487. The third-order valence-electron chi connectivity index (χ3n) is 6.06. The molecule has 7 heteroatoms. The smallest absolute Gasteiger partial charge is 0.227 e. The predicted octanol–water partition coefficient (Wildman–Crippen LogP) is 4.60. The molecular formula is C27H28FNO5. The summed E-state index contributed by atoms with van der Waals surface area (Å²) < 4.78 is 35.5. The Bertz CT molecular complexity index is 1130. The number of halogens is 1. The van der Waals surface area contributed by atoms with Gasteiger partial charge in [0.15, 0.2) is 11.5 Å². The van der Waals surface area contributed by atoms with E-state index in [0.29, 0.717) is 30.2 Å². The lowest BCUT2D eigenvalue weighted by Crippen LogP contribution is -2.43. The molecule has 1 atom stereocenters. The molecule has 0 bridgehead atoms. The Labute approximate surface area is 198 Å². The second-order valence-electron chi connectivity index (χ2n) is 8.05. The van der Waals surface area contributed by atoms with Crippen molar-refractivity contribution < 1.29 is 28.1 Å². The summed E-state index contributed by atoms with van der Waals surface area (Å²) in [5.41, 5.74) is 2.94. The van der Waals surface area contributed by atoms with Gasteiger partial charge >= 0.3 is 0 Å². The Morgan fingerprint density at radius 3 is 2.21 bits per heavy atom. The van der Waals surface area contributed by atoms with Gasteiger partial charge in [-0.3, -0.25) is 4.79 Å². The molecule has 0 radical (unpaired) electrons. The second kappa shape index (κ2) is 10.5. The Morgan fingerprint density at radius 1 is 0.912 bits per heavy atom. The molecule has 0 fully saturated rings. The first-order valence-corrected chi connectivity index (χ1v) is 11.1. The van der Waals surface area contributed by atoms with Crippen LogP contribution >= 0.6 is 0 Å². The zero-order valence-electron chi connectivity index (χ0n) is 19.5. The van der Waals surface area contributed by atoms with Gasteiger partial charge in [0, 0.05) is 6.54 Å². The largest absolute Gasteiger partial charge is 0.497 e. The number of amides is 1. The summed E-state index contributed by atoms with van der Waals surface area (Å²) in [6.45, 7) is 0.775. The predicted molar refractivity (Wildman–Crippen MR) is 126 cm³/mol. The molecule has 1 aliphatic rings. The lowest BCUT2D eigenvalue weighted by Gasteiger charge is -2.37. The highest BCUT2D eigenvalue weighted by atomic mass is 19.1. The SMILES string of the molecule is COc1ccc(CC(=O)N2CCc3cc(OC)c(OC)cc3[C@H]2COc2ccc(F)cc2)cc1. The molecule has 1 heterocycles. The number of ether oxygens (including phenoxy) is 4. The minimum Gasteiger partial charge on any atom is -0.497 e. The minimum absolute atomic E-state index is 0.00157. The zero-order valence-corrected chi connectivity index (χ0v) is 19.5. The summed E-state index contributed by atoms with van der Waals surface area (Å²) in [5.74, 6) is 2.20. The average molecular weight is 466 g/mol. The van der Waals surface area contributed by atoms with E-state index in [1.165, 1.54) is 12.1 Å². The van der Waals surface area contributed by atoms with Crippen molar-refractivity contribution >= 4 is 5.91 Å². The van der Waals surface area contributed by atoms with Gasteiger partial charge < -0.3 is 23.8 Å². The van der Waals surface area contributed by atoms with E-state index in [-0.39, 0.29) is 30.8 Å². The molecule has 3 aromatic rings. The van der Waals surface area contributed by atoms with Crippen molar-refractivity contribution in [2.75, 3.05) is 34.5 Å². The molecule has 0 aromatic heterocycles. The van der Waals surface area contributed by atoms with Crippen molar-refractivity contribution in [3.63, 3.8) is 0 Å². The third-order valence-corrected chi connectivity index (χ3v) is 6.06. The van der Waals surface area contributed by atoms with Crippen molar-refractivity contribution in [2.45, 2.75) is 18.9 Å². The maximum Gasteiger partial charge on any atom is 0.227 e. The van der Waals surface area contributed by atoms with Gasteiger partial charge in [-0.05, 0) is 71.6 Å². The van der Waals surface area contributed by atoms with E-state index in [9.17, 15) is 9.18 Å². The Balaban J connectivity index is 1.62. The number of methoxy groups -OCH3 is 3. The van der Waals surface area contributed by atoms with Gasteiger partial charge in [-0.1, -0.05) is 12.1 Å². The Morgan fingerprint density at radius 2 is 1.56 bits per heavy atom. The fourth-order valence-electron chi connectivity index (χ4n) is 4.23. The average Bonchev–Trinajstić information content (AvgIpc) is 2.87. The van der Waals surface area contributed by atoms with Crippen LogP contribution in [-0.2, 0) is 17.6 Å². The molecular weight excluding hydrogens is 437 g/mol. The summed E-state index contributed by atoms with van der Waals surface area (Å²) in [7, 11) is 4.80. The van der Waals surface area contributed by atoms with Crippen LogP contribution in [0.25, 0.3) is 0 Å². The maximum absolute atomic E-state index is 13.4. The number of hydrogen-bond donors (Lipinski definition) is 0. The van der Waals surface area contributed by atoms with E-state index in [2.05, 4.69) is 0 Å². The zero-order chi connectivity index (χ0) is 24.1. The second-order valence-corrected chi connectivity index (χ2v) is 8.05. The van der Waals surface area contributed by atoms with Crippen molar-refractivity contribution in [2.24, 2.45) is 0 Å². The van der Waals surface area contributed by atoms with Crippen LogP contribution in [0.15, 0.2) is 60.7 Å². The molecule has 0 aliphatic carbocycles. The molecule has 3 aromatic carbocycles. The number of benzene rings is 3. The molecule has 34 heavy (non-hydrogen) atoms. The fourth-order valence-corrected chi connectivity index (χ4v) is 4.23. The number of hydrogen-bond acceptors (Lipinski definition) is 5. The molecule has 4 rings (SSSR count). The maximum atomic E-state index is 13.4. The van der Waals surface area contributed by atoms with E-state index >= 15 is 0 Å². The van der Waals surface area contributed by atoms with Gasteiger partial charge in [-0.15, -0.1) is 0 Å². The first-order chi connectivity index (χ1) is 16.5. The molecule has 0 spiro atoms. The van der Waals surface area contributed by atoms with E-state index in [1.807, 2.05) is 41.3 Å². The van der Waals surface area contributed by atoms with Gasteiger partial charge in [0.05, 0.1) is 33.8 Å². The number of carbonyl (C=O) groups excluding carboxylic acids is 1. The summed E-state index contributed by atoms with van der Waals surface area (Å²) >= 11 is 0. The molecule has 6 nitrogen and oxygen atoms in total. The highest BCUT2D eigenvalue weighted by molar-refractivity contribution is 5.80. The molecule has 0 saturated carbocycles. The van der Waals surface area contributed by atoms with Gasteiger partial charge in [-0.25, -0.2) is 4.39 Å². The van der Waals surface area contributed by atoms with Crippen molar-refractivity contribution in [3.8, 4) is 23.0 Å². The standard InChI is InChI=1S/C27H28FNO5/c1-31-21-8-4-18(5-9-21)14-27(30)29-13-12-19-15-25(32-2)26(33-3)16-23(19)24(29)17-34-22-10-6-20(28)7-11-22/h4-11,15-16,24H,12-14,17H2,1-3H3/t24-/m1/s1. The summed E-state index contributed by atoms with van der Waals surface area (Å²) in [6, 6.07) is 16.9. The number of carbonyl (C=O) groups is 1. The molecule has 1 aliphatic heterocycles. The van der Waals surface area contributed by atoms with Crippen LogP contribution in [-0.4, -0.2) is 45.3 Å². The topological polar surface area (TPSA) is 57.2 Å². The fraction of sp³-hybridized carbons (Fsp3) is 0.296. The Kier molecular flexibility index (Phi) is 7.21. The highest BCUT2D eigenvalue weighted by Gasteiger charge is 2.32. The molecule has 178 valence electrons. The first kappa shape index (κ1) is 23.4. The van der Waals surface area contributed by atoms with E-state index in [1.54, 1.807) is 33.5 Å². The Hall–Kier alpha value is -3.74. The third kappa shape index (κ3) is 5.09. The number of rotatable bonds is 8. The van der Waals surface area contributed by atoms with Crippen LogP contribution < -0.4 is 18.9 Å². The van der Waals surface area contributed by atoms with Crippen LogP contribution in [0, 0.1) is 5.82 Å². The van der Waals surface area contributed by atoms with Gasteiger partial charge in [-0.2, -0.15) is 0 Å². The molecule has 0 N–H and O–H groups in total. The van der Waals surface area contributed by atoms with Crippen molar-refractivity contribution in [1.82, 2.24) is 4.90 Å². The van der Waals surface area contributed by atoms with E-state index in [0.717, 1.165) is 22.4 Å². The van der Waals surface area contributed by atoms with E-state index < -0.39 is 0 Å². The monoisotopic (exact) mass is 465 g/mol. The summed E-state index contributed by atoms with van der Waals surface area (Å²) in [5, 5.41) is 0. The normalized spacial score (nSPS) is 14.8. The number of fused-ring (bicyclic) bond motifs is 1. The minimum atomic E-state index is -0.334. The van der Waals surface area contributed by atoms with Crippen LogP contribution in [0.5, 0.6) is 23.0 Å². The molecule has 0 unspecified atom stereocenters. The van der Waals surface area contributed by atoms with Crippen molar-refractivity contribution in [3.05, 3.63) is 83.2 Å². The van der Waals surface area contributed by atoms with E-state index in [4.69, 9.17) is 18.9 Å². The first-order valence-electron chi connectivity index (χ1n) is 11.1. The summed E-state index contributed by atoms with van der Waals surface area (Å²) in [4.78, 5) is 15.3. The van der Waals surface area contributed by atoms with Gasteiger partial charge in [0.1, 0.15) is 23.9 Å². The molecule has 1 amide bonds. The van der Waals surface area contributed by atoms with Crippen LogP contribution in [0.2, 0.25) is 0 Å². The highest BCUT2D eigenvalue weighted by Crippen LogP contribution is 2.38. The van der Waals surface area contributed by atoms with Crippen molar-refractivity contribution in [1.29, 1.82) is 0 Å². The van der Waals surface area contributed by atoms with Crippen LogP contribution in [0.1, 0.15) is 22.7 Å². The van der Waals surface area contributed by atoms with Crippen LogP contribution in [0.4, 0.5) is 4.39 Å². The lowest BCUT2D eigenvalue weighted by atomic mass is 9.91. The van der Waals surface area contributed by atoms with Gasteiger partial charge in [0.25, 0.3) is 0 Å².